The number of carbonyl (C=O) groups excluding carboxylic acids is 9. The van der Waals surface area contributed by atoms with Gasteiger partial charge in [-0.25, -0.2) is 4.79 Å². The smallest absolute Gasteiger partial charge is 0.326 e. The van der Waals surface area contributed by atoms with Crippen molar-refractivity contribution in [3.05, 3.63) is 0 Å². The summed E-state index contributed by atoms with van der Waals surface area (Å²) in [7, 11) is 1.66. The van der Waals surface area contributed by atoms with Crippen LogP contribution >= 0.6 is 0 Å². The number of Topliss-reactive ketones (excluding diaryl/α,β-unsaturated/α-hetero) is 1. The van der Waals surface area contributed by atoms with Gasteiger partial charge >= 0.3 is 11.9 Å². The zero-order valence-electron chi connectivity index (χ0n) is 45.2. The van der Waals surface area contributed by atoms with E-state index in [-0.39, 0.29) is 31.2 Å². The molecule has 8 atom stereocenters. The van der Waals surface area contributed by atoms with Crippen molar-refractivity contribution in [1.29, 1.82) is 0 Å². The minimum absolute atomic E-state index is 0.0362. The summed E-state index contributed by atoms with van der Waals surface area (Å²) < 4.78 is 0. The second-order valence-corrected chi connectivity index (χ2v) is 18.8. The number of aliphatic hydroxyl groups is 6. The first-order valence-corrected chi connectivity index (χ1v) is 26.9. The van der Waals surface area contributed by atoms with Gasteiger partial charge in [0.1, 0.15) is 48.1 Å². The van der Waals surface area contributed by atoms with Crippen molar-refractivity contribution in [2.24, 2.45) is 0 Å². The Hall–Kier alpha value is -5.91. The van der Waals surface area contributed by atoms with Gasteiger partial charge in [-0.05, 0) is 45.6 Å². The molecule has 0 aliphatic heterocycles. The summed E-state index contributed by atoms with van der Waals surface area (Å²) in [6.45, 7) is -4.52. The Morgan fingerprint density at radius 3 is 1.00 bits per heavy atom. The van der Waals surface area contributed by atoms with E-state index in [1.165, 1.54) is 0 Å². The van der Waals surface area contributed by atoms with Gasteiger partial charge in [-0.15, -0.1) is 0 Å². The molecule has 28 nitrogen and oxygen atoms in total. The minimum Gasteiger partial charge on any atom is -0.481 e. The lowest BCUT2D eigenvalue weighted by Gasteiger charge is -2.25. The summed E-state index contributed by atoms with van der Waals surface area (Å²) in [6.07, 6.45) is 15.1. The summed E-state index contributed by atoms with van der Waals surface area (Å²) in [6, 6.07) is -12.5. The molecule has 28 heteroatoms. The Labute approximate surface area is 455 Å². The highest BCUT2D eigenvalue weighted by molar-refractivity contribution is 5.97. The molecule has 448 valence electrons. The molecule has 0 fully saturated rings. The predicted molar refractivity (Wildman–Crippen MR) is 279 cm³/mol. The largest absolute Gasteiger partial charge is 0.481 e. The quantitative estimate of drug-likeness (QED) is 0.0262. The van der Waals surface area contributed by atoms with Crippen LogP contribution in [0.25, 0.3) is 0 Å². The first kappa shape index (κ1) is 72.1. The molecular formula is C50H89N9O19. The Balaban J connectivity index is 4.98. The Morgan fingerprint density at radius 2 is 0.667 bits per heavy atom. The van der Waals surface area contributed by atoms with Crippen LogP contribution in [0.5, 0.6) is 0 Å². The molecule has 17 N–H and O–H groups in total. The van der Waals surface area contributed by atoms with E-state index in [1.807, 2.05) is 16.0 Å². The number of amides is 8. The van der Waals surface area contributed by atoms with Crippen molar-refractivity contribution in [3.8, 4) is 0 Å². The average Bonchev–Trinajstić information content (AvgIpc) is 3.41. The Bertz CT molecular complexity index is 1850. The number of likely N-dealkylation sites (N-methyl/N-ethyl adjacent to an activating group) is 1. The number of aliphatic carboxylic acids is 2. The molecule has 0 rings (SSSR count). The topological polar surface area (TPSA) is 458 Å². The Morgan fingerprint density at radius 1 is 0.346 bits per heavy atom. The number of carbonyl (C=O) groups is 11. The van der Waals surface area contributed by atoms with Crippen molar-refractivity contribution in [3.63, 3.8) is 0 Å². The number of nitrogens with one attached hydrogen (secondary N) is 9. The van der Waals surface area contributed by atoms with E-state index in [4.69, 9.17) is 5.11 Å². The van der Waals surface area contributed by atoms with E-state index < -0.39 is 154 Å². The van der Waals surface area contributed by atoms with Gasteiger partial charge in [0.05, 0.1) is 45.7 Å². The van der Waals surface area contributed by atoms with Crippen LogP contribution in [0.3, 0.4) is 0 Å². The summed E-state index contributed by atoms with van der Waals surface area (Å²) in [5, 5.41) is 97.7. The highest BCUT2D eigenvalue weighted by Gasteiger charge is 2.33. The molecule has 0 bridgehead atoms. The number of hydrogen-bond donors (Lipinski definition) is 17. The second-order valence-electron chi connectivity index (χ2n) is 18.8. The number of aliphatic hydroxyl groups excluding tert-OH is 6. The third kappa shape index (κ3) is 32.1. The van der Waals surface area contributed by atoms with Gasteiger partial charge < -0.3 is 88.7 Å². The fourth-order valence-electron chi connectivity index (χ4n) is 7.80. The highest BCUT2D eigenvalue weighted by atomic mass is 16.4. The summed E-state index contributed by atoms with van der Waals surface area (Å²) in [5.74, 6) is -10.6. The fraction of sp³-hybridized carbons (Fsp3) is 0.780. The van der Waals surface area contributed by atoms with E-state index in [9.17, 15) is 88.5 Å². The molecule has 0 saturated carbocycles. The minimum atomic E-state index is -1.91. The molecule has 0 saturated heterocycles. The third-order valence-corrected chi connectivity index (χ3v) is 12.6. The standard InChI is InChI=1S/C50H89N9O19/c1-3-40(66)32(51-2)20-18-19-25-52-44(71)34(26-60)55-46(73)36(28-62)57-48(75)38(30-64)59-49(76)39(31-65)58-47(74)37(29-63)56-45(72)35(27-61)54-42(68)24-23-33(50(77)78)53-41(67)21-16-14-12-10-8-6-4-5-7-9-11-13-15-17-22-43(69)70/h32-39,51,60-65H,3-31H2,1-2H3,(H,52,71)(H,53,67)(H,54,68)(H,55,73)(H,56,72)(H,57,75)(H,58,74)(H,59,76)(H,69,70)(H,77,78)/t32-,33-,34-,35-,36-,37-,38-,39-/m0/s1. The van der Waals surface area contributed by atoms with Crippen LogP contribution in [-0.4, -0.2) is 207 Å². The lowest BCUT2D eigenvalue weighted by atomic mass is 10.0. The maximum absolute atomic E-state index is 13.0. The van der Waals surface area contributed by atoms with Crippen LogP contribution in [0.2, 0.25) is 0 Å². The summed E-state index contributed by atoms with van der Waals surface area (Å²) in [4.78, 5) is 137. The molecule has 0 aliphatic rings. The zero-order chi connectivity index (χ0) is 58.8. The molecule has 8 amide bonds. The highest BCUT2D eigenvalue weighted by Crippen LogP contribution is 2.14. The predicted octanol–water partition coefficient (Wildman–Crippen LogP) is -3.62. The third-order valence-electron chi connectivity index (χ3n) is 12.6. The van der Waals surface area contributed by atoms with Gasteiger partial charge in [0.25, 0.3) is 0 Å². The van der Waals surface area contributed by atoms with Crippen molar-refractivity contribution in [2.75, 3.05) is 53.2 Å². The van der Waals surface area contributed by atoms with Crippen molar-refractivity contribution >= 4 is 65.0 Å². The molecule has 0 aromatic heterocycles. The molecule has 0 aliphatic carbocycles. The summed E-state index contributed by atoms with van der Waals surface area (Å²) in [5.41, 5.74) is 0. The van der Waals surface area contributed by atoms with Gasteiger partial charge in [-0.3, -0.25) is 47.9 Å². The van der Waals surface area contributed by atoms with Crippen LogP contribution in [0.4, 0.5) is 0 Å². The van der Waals surface area contributed by atoms with E-state index in [1.54, 1.807) is 14.0 Å². The number of unbranched alkanes of at least 4 members (excludes halogenated alkanes) is 14. The van der Waals surface area contributed by atoms with Crippen molar-refractivity contribution < 1.29 is 93.6 Å². The average molecular weight is 1120 g/mol. The van der Waals surface area contributed by atoms with E-state index in [0.717, 1.165) is 83.5 Å². The van der Waals surface area contributed by atoms with Crippen LogP contribution in [0.1, 0.15) is 148 Å². The molecule has 0 aromatic carbocycles. The molecule has 0 radical (unpaired) electrons. The Kier molecular flexibility index (Phi) is 40.7. The van der Waals surface area contributed by atoms with Crippen LogP contribution in [0, 0.1) is 0 Å². The van der Waals surface area contributed by atoms with Gasteiger partial charge in [0.15, 0.2) is 0 Å². The molecule has 0 heterocycles. The maximum Gasteiger partial charge on any atom is 0.326 e. The molecule has 78 heavy (non-hydrogen) atoms. The van der Waals surface area contributed by atoms with Gasteiger partial charge in [-0.2, -0.15) is 0 Å². The van der Waals surface area contributed by atoms with Gasteiger partial charge in [0, 0.05) is 32.2 Å². The summed E-state index contributed by atoms with van der Waals surface area (Å²) >= 11 is 0. The first-order chi connectivity index (χ1) is 37.3. The lowest BCUT2D eigenvalue weighted by molar-refractivity contribution is -0.142. The normalized spacial score (nSPS) is 14.2. The maximum atomic E-state index is 13.0. The van der Waals surface area contributed by atoms with Crippen LogP contribution in [-0.2, 0) is 52.7 Å². The number of ketones is 1. The SMILES string of the molecule is CCC(=O)[C@H](CCCCNC(=O)[C@H](CO)NC(=O)[C@H](CO)NC(=O)[C@H](CO)NC(=O)[C@H](CO)NC(=O)[C@H](CO)NC(=O)[C@H](CO)NC(=O)CC[C@H](NC(=O)CCCCCCCCCCCCCCCCC(=O)O)C(=O)O)NC. The monoisotopic (exact) mass is 1120 g/mol. The molecule has 0 spiro atoms. The van der Waals surface area contributed by atoms with Gasteiger partial charge in [-0.1, -0.05) is 84.0 Å². The van der Waals surface area contributed by atoms with Crippen molar-refractivity contribution in [2.45, 2.75) is 197 Å². The zero-order valence-corrected chi connectivity index (χ0v) is 45.2. The number of rotatable bonds is 48. The van der Waals surface area contributed by atoms with E-state index in [2.05, 4.69) is 31.9 Å². The fourth-order valence-corrected chi connectivity index (χ4v) is 7.80. The van der Waals surface area contributed by atoms with Crippen molar-refractivity contribution in [1.82, 2.24) is 47.9 Å². The van der Waals surface area contributed by atoms with Crippen LogP contribution in [0.15, 0.2) is 0 Å². The first-order valence-electron chi connectivity index (χ1n) is 26.9. The molecule has 0 aromatic rings. The second kappa shape index (κ2) is 44.0. The number of carboxylic acid groups (broad SMARTS) is 2. The lowest BCUT2D eigenvalue weighted by Crippen LogP contribution is -2.62. The van der Waals surface area contributed by atoms with E-state index >= 15 is 0 Å². The van der Waals surface area contributed by atoms with Gasteiger partial charge in [0.2, 0.25) is 47.3 Å². The van der Waals surface area contributed by atoms with Crippen LogP contribution < -0.4 is 47.9 Å². The number of carboxylic acids is 2. The number of hydrogen-bond acceptors (Lipinski definition) is 18. The van der Waals surface area contributed by atoms with E-state index in [0.29, 0.717) is 32.1 Å². The molecular weight excluding hydrogens is 1030 g/mol. The molecule has 0 unspecified atom stereocenters.